The molecule has 0 aromatic heterocycles. The Kier molecular flexibility index (Phi) is 5.65. The fourth-order valence-corrected chi connectivity index (χ4v) is 2.19. The summed E-state index contributed by atoms with van der Waals surface area (Å²) < 4.78 is 0. The summed E-state index contributed by atoms with van der Waals surface area (Å²) in [5.41, 5.74) is 0.889. The maximum absolute atomic E-state index is 10.9. The lowest BCUT2D eigenvalue weighted by molar-refractivity contribution is 0.152. The minimum absolute atomic E-state index is 0.0297. The van der Waals surface area contributed by atoms with Gasteiger partial charge >= 0.3 is 6.09 Å². The van der Waals surface area contributed by atoms with Crippen molar-refractivity contribution in [3.63, 3.8) is 0 Å². The number of nitrogens with one attached hydrogen (secondary N) is 1. The summed E-state index contributed by atoms with van der Waals surface area (Å²) >= 11 is 0. The van der Waals surface area contributed by atoms with Crippen molar-refractivity contribution in [2.75, 3.05) is 6.61 Å². The number of carboxylic acid groups (broad SMARTS) is 1. The molecule has 4 nitrogen and oxygen atoms in total. The largest absolute Gasteiger partial charge is 0.465 e. The van der Waals surface area contributed by atoms with E-state index in [1.807, 2.05) is 30.3 Å². The predicted octanol–water partition coefficient (Wildman–Crippen LogP) is 2.65. The van der Waals surface area contributed by atoms with Crippen LogP contribution in [0.5, 0.6) is 0 Å². The van der Waals surface area contributed by atoms with E-state index in [2.05, 4.69) is 19.2 Å². The fraction of sp³-hybridized carbons (Fsp3) is 0.500. The zero-order valence-corrected chi connectivity index (χ0v) is 10.8. The van der Waals surface area contributed by atoms with Gasteiger partial charge in [-0.2, -0.15) is 0 Å². The van der Waals surface area contributed by atoms with Gasteiger partial charge in [-0.3, -0.25) is 0 Å². The van der Waals surface area contributed by atoms with Crippen LogP contribution >= 0.6 is 0 Å². The summed E-state index contributed by atoms with van der Waals surface area (Å²) in [5.74, 6) is 0.299. The summed E-state index contributed by atoms with van der Waals surface area (Å²) in [4.78, 5) is 10.9. The molecular weight excluding hydrogens is 230 g/mol. The van der Waals surface area contributed by atoms with Gasteiger partial charge in [-0.05, 0) is 17.9 Å². The standard InChI is InChI=1S/C14H21NO3/c1-10(2)8-12(9-16)13(15-14(17)18)11-6-4-3-5-7-11/h3-7,10,12-13,15-16H,8-9H2,1-2H3,(H,17,18)/t12-,13?/m1/s1. The van der Waals surface area contributed by atoms with Gasteiger partial charge in [0.25, 0.3) is 0 Å². The lowest BCUT2D eigenvalue weighted by Gasteiger charge is -2.27. The van der Waals surface area contributed by atoms with Crippen molar-refractivity contribution in [1.29, 1.82) is 0 Å². The van der Waals surface area contributed by atoms with Gasteiger partial charge in [0.15, 0.2) is 0 Å². The number of aliphatic hydroxyl groups is 1. The molecule has 2 atom stereocenters. The lowest BCUT2D eigenvalue weighted by Crippen LogP contribution is -2.34. The third kappa shape index (κ3) is 4.37. The molecule has 0 heterocycles. The first kappa shape index (κ1) is 14.5. The number of amides is 1. The molecule has 4 heteroatoms. The Morgan fingerprint density at radius 2 is 1.89 bits per heavy atom. The molecule has 100 valence electrons. The van der Waals surface area contributed by atoms with E-state index in [0.29, 0.717) is 5.92 Å². The first-order valence-electron chi connectivity index (χ1n) is 6.19. The Bertz CT molecular complexity index is 365. The molecule has 0 aliphatic heterocycles. The molecule has 1 aromatic carbocycles. The molecule has 0 radical (unpaired) electrons. The van der Waals surface area contributed by atoms with E-state index in [-0.39, 0.29) is 18.6 Å². The number of benzene rings is 1. The molecule has 18 heavy (non-hydrogen) atoms. The molecule has 0 saturated carbocycles. The Labute approximate surface area is 108 Å². The van der Waals surface area contributed by atoms with Crippen molar-refractivity contribution in [3.8, 4) is 0 Å². The Hall–Kier alpha value is -1.55. The minimum Gasteiger partial charge on any atom is -0.465 e. The van der Waals surface area contributed by atoms with Crippen LogP contribution in [0.15, 0.2) is 30.3 Å². The van der Waals surface area contributed by atoms with Crippen LogP contribution in [0.2, 0.25) is 0 Å². The van der Waals surface area contributed by atoms with Crippen molar-refractivity contribution in [3.05, 3.63) is 35.9 Å². The lowest BCUT2D eigenvalue weighted by atomic mass is 9.87. The normalized spacial score (nSPS) is 14.2. The Morgan fingerprint density at radius 1 is 1.28 bits per heavy atom. The van der Waals surface area contributed by atoms with E-state index < -0.39 is 6.09 Å². The number of hydrogen-bond acceptors (Lipinski definition) is 2. The van der Waals surface area contributed by atoms with Crippen LogP contribution in [0.25, 0.3) is 0 Å². The van der Waals surface area contributed by atoms with E-state index in [9.17, 15) is 9.90 Å². The van der Waals surface area contributed by atoms with Crippen molar-refractivity contribution < 1.29 is 15.0 Å². The van der Waals surface area contributed by atoms with E-state index >= 15 is 0 Å². The average Bonchev–Trinajstić information content (AvgIpc) is 2.34. The molecule has 1 unspecified atom stereocenters. The highest BCUT2D eigenvalue weighted by Gasteiger charge is 2.24. The van der Waals surface area contributed by atoms with E-state index in [1.165, 1.54) is 0 Å². The van der Waals surface area contributed by atoms with Crippen molar-refractivity contribution >= 4 is 6.09 Å². The van der Waals surface area contributed by atoms with Crippen LogP contribution in [0.1, 0.15) is 31.9 Å². The van der Waals surface area contributed by atoms with E-state index in [1.54, 1.807) is 0 Å². The smallest absolute Gasteiger partial charge is 0.405 e. The SMILES string of the molecule is CC(C)C[C@H](CO)C(NC(=O)O)c1ccccc1. The summed E-state index contributed by atoms with van der Waals surface area (Å²) in [6.07, 6.45) is -0.290. The average molecular weight is 251 g/mol. The van der Waals surface area contributed by atoms with Gasteiger partial charge in [-0.15, -0.1) is 0 Å². The molecule has 0 fully saturated rings. The molecule has 0 aliphatic carbocycles. The molecule has 1 amide bonds. The summed E-state index contributed by atoms with van der Waals surface area (Å²) in [6.45, 7) is 4.09. The molecule has 0 bridgehead atoms. The highest BCUT2D eigenvalue weighted by Crippen LogP contribution is 2.27. The molecular formula is C14H21NO3. The van der Waals surface area contributed by atoms with Gasteiger partial charge in [-0.1, -0.05) is 44.2 Å². The van der Waals surface area contributed by atoms with Gasteiger partial charge in [0.1, 0.15) is 0 Å². The number of carbonyl (C=O) groups is 1. The zero-order chi connectivity index (χ0) is 13.5. The second-order valence-electron chi connectivity index (χ2n) is 4.91. The third-order valence-electron chi connectivity index (χ3n) is 2.92. The van der Waals surface area contributed by atoms with Crippen LogP contribution in [-0.2, 0) is 0 Å². The molecule has 1 aromatic rings. The maximum atomic E-state index is 10.9. The van der Waals surface area contributed by atoms with Crippen molar-refractivity contribution in [1.82, 2.24) is 5.32 Å². The van der Waals surface area contributed by atoms with Crippen LogP contribution in [0.4, 0.5) is 4.79 Å². The zero-order valence-electron chi connectivity index (χ0n) is 10.8. The highest BCUT2D eigenvalue weighted by atomic mass is 16.4. The third-order valence-corrected chi connectivity index (χ3v) is 2.92. The molecule has 0 saturated heterocycles. The first-order valence-corrected chi connectivity index (χ1v) is 6.19. The Balaban J connectivity index is 2.92. The van der Waals surface area contributed by atoms with Crippen LogP contribution in [-0.4, -0.2) is 22.9 Å². The second kappa shape index (κ2) is 7.01. The molecule has 3 N–H and O–H groups in total. The number of hydrogen-bond donors (Lipinski definition) is 3. The summed E-state index contributed by atoms with van der Waals surface area (Å²) in [5, 5.41) is 20.9. The first-order chi connectivity index (χ1) is 8.54. The number of rotatable bonds is 6. The molecule has 0 aliphatic rings. The topological polar surface area (TPSA) is 69.6 Å². The molecule has 1 rings (SSSR count). The van der Waals surface area contributed by atoms with Crippen LogP contribution in [0.3, 0.4) is 0 Å². The second-order valence-corrected chi connectivity index (χ2v) is 4.91. The van der Waals surface area contributed by atoms with Crippen LogP contribution < -0.4 is 5.32 Å². The quantitative estimate of drug-likeness (QED) is 0.728. The summed E-state index contributed by atoms with van der Waals surface area (Å²) in [7, 11) is 0. The predicted molar refractivity (Wildman–Crippen MR) is 70.4 cm³/mol. The maximum Gasteiger partial charge on any atom is 0.405 e. The monoisotopic (exact) mass is 251 g/mol. The van der Waals surface area contributed by atoms with E-state index in [4.69, 9.17) is 5.11 Å². The van der Waals surface area contributed by atoms with Crippen LogP contribution in [0, 0.1) is 11.8 Å². The molecule has 0 spiro atoms. The highest BCUT2D eigenvalue weighted by molar-refractivity contribution is 5.65. The van der Waals surface area contributed by atoms with Gasteiger partial charge < -0.3 is 15.5 Å². The van der Waals surface area contributed by atoms with Crippen molar-refractivity contribution in [2.45, 2.75) is 26.3 Å². The van der Waals surface area contributed by atoms with Gasteiger partial charge in [0.05, 0.1) is 6.04 Å². The summed E-state index contributed by atoms with van der Waals surface area (Å²) in [6, 6.07) is 9.02. The minimum atomic E-state index is -1.06. The van der Waals surface area contributed by atoms with Crippen molar-refractivity contribution in [2.24, 2.45) is 11.8 Å². The van der Waals surface area contributed by atoms with Gasteiger partial charge in [0.2, 0.25) is 0 Å². The number of aliphatic hydroxyl groups excluding tert-OH is 1. The van der Waals surface area contributed by atoms with Gasteiger partial charge in [0, 0.05) is 12.5 Å². The van der Waals surface area contributed by atoms with E-state index in [0.717, 1.165) is 12.0 Å². The van der Waals surface area contributed by atoms with Gasteiger partial charge in [-0.25, -0.2) is 4.79 Å². The Morgan fingerprint density at radius 3 is 2.33 bits per heavy atom. The fourth-order valence-electron chi connectivity index (χ4n) is 2.19.